The van der Waals surface area contributed by atoms with Crippen LogP contribution < -0.4 is 5.32 Å². The van der Waals surface area contributed by atoms with E-state index in [2.05, 4.69) is 30.5 Å². The van der Waals surface area contributed by atoms with Gasteiger partial charge < -0.3 is 5.32 Å². The molecule has 0 amide bonds. The Hall–Kier alpha value is -0.480. The van der Waals surface area contributed by atoms with E-state index in [0.29, 0.717) is 4.75 Å². The summed E-state index contributed by atoms with van der Waals surface area (Å²) in [6, 6.07) is 0. The molecule has 1 aromatic rings. The number of aromatic nitrogens is 2. The van der Waals surface area contributed by atoms with Gasteiger partial charge in [0.2, 0.25) is 0 Å². The van der Waals surface area contributed by atoms with Gasteiger partial charge >= 0.3 is 0 Å². The summed E-state index contributed by atoms with van der Waals surface area (Å²) in [5.74, 6) is 0. The van der Waals surface area contributed by atoms with Gasteiger partial charge in [0.05, 0.1) is 5.69 Å². The van der Waals surface area contributed by atoms with Gasteiger partial charge in [-0.2, -0.15) is 16.9 Å². The lowest BCUT2D eigenvalue weighted by molar-refractivity contribution is 0.657. The highest BCUT2D eigenvalue weighted by Gasteiger charge is 2.41. The fraction of sp³-hybridized carbons (Fsp3) is 0.750. The van der Waals surface area contributed by atoms with Crippen LogP contribution in [0.5, 0.6) is 0 Å². The zero-order valence-corrected chi connectivity index (χ0v) is 11.4. The Labute approximate surface area is 102 Å². The van der Waals surface area contributed by atoms with E-state index in [4.69, 9.17) is 0 Å². The van der Waals surface area contributed by atoms with Crippen LogP contribution in [-0.4, -0.2) is 27.3 Å². The molecule has 0 radical (unpaired) electrons. The molecule has 1 heterocycles. The Balaban J connectivity index is 1.90. The van der Waals surface area contributed by atoms with Crippen LogP contribution in [0.25, 0.3) is 0 Å². The van der Waals surface area contributed by atoms with Crippen molar-refractivity contribution in [3.8, 4) is 0 Å². The first kappa shape index (κ1) is 12.0. The molecule has 0 bridgehead atoms. The zero-order chi connectivity index (χ0) is 11.8. The van der Waals surface area contributed by atoms with Crippen LogP contribution in [0.1, 0.15) is 29.8 Å². The van der Waals surface area contributed by atoms with Crippen molar-refractivity contribution in [3.63, 3.8) is 0 Å². The van der Waals surface area contributed by atoms with Gasteiger partial charge in [0, 0.05) is 36.1 Å². The van der Waals surface area contributed by atoms with E-state index in [9.17, 15) is 0 Å². The van der Waals surface area contributed by atoms with Gasteiger partial charge in [-0.1, -0.05) is 0 Å². The molecular formula is C12H21N3S. The molecule has 1 saturated carbocycles. The Morgan fingerprint density at radius 1 is 1.44 bits per heavy atom. The lowest BCUT2D eigenvalue weighted by Gasteiger charge is -2.13. The Morgan fingerprint density at radius 3 is 2.56 bits per heavy atom. The van der Waals surface area contributed by atoms with Gasteiger partial charge in [-0.25, -0.2) is 0 Å². The van der Waals surface area contributed by atoms with E-state index in [1.54, 1.807) is 0 Å². The molecule has 1 aliphatic carbocycles. The quantitative estimate of drug-likeness (QED) is 0.852. The first-order valence-electron chi connectivity index (χ1n) is 5.83. The largest absolute Gasteiger partial charge is 0.311 e. The maximum atomic E-state index is 4.43. The minimum Gasteiger partial charge on any atom is -0.311 e. The zero-order valence-electron chi connectivity index (χ0n) is 10.6. The number of rotatable bonds is 5. The van der Waals surface area contributed by atoms with Crippen LogP contribution in [0.2, 0.25) is 0 Å². The van der Waals surface area contributed by atoms with Gasteiger partial charge in [0.15, 0.2) is 0 Å². The van der Waals surface area contributed by atoms with Crippen LogP contribution in [0.3, 0.4) is 0 Å². The first-order chi connectivity index (χ1) is 7.58. The summed E-state index contributed by atoms with van der Waals surface area (Å²) in [5, 5.41) is 8.01. The van der Waals surface area contributed by atoms with E-state index in [-0.39, 0.29) is 0 Å². The van der Waals surface area contributed by atoms with Crippen LogP contribution in [-0.2, 0) is 13.6 Å². The van der Waals surface area contributed by atoms with Gasteiger partial charge in [-0.05, 0) is 32.9 Å². The smallest absolute Gasteiger partial charge is 0.0641 e. The summed E-state index contributed by atoms with van der Waals surface area (Å²) < 4.78 is 2.51. The highest BCUT2D eigenvalue weighted by molar-refractivity contribution is 8.00. The second kappa shape index (κ2) is 4.41. The summed E-state index contributed by atoms with van der Waals surface area (Å²) in [4.78, 5) is 0. The van der Waals surface area contributed by atoms with Crippen molar-refractivity contribution in [2.45, 2.75) is 38.0 Å². The van der Waals surface area contributed by atoms with Crippen molar-refractivity contribution in [2.24, 2.45) is 7.05 Å². The van der Waals surface area contributed by atoms with Crippen molar-refractivity contribution in [3.05, 3.63) is 17.0 Å². The molecule has 0 aromatic carbocycles. The number of hydrogen-bond donors (Lipinski definition) is 1. The standard InChI is InChI=1S/C12H21N3S/c1-9-11(10(2)15(3)14-9)7-13-8-12(16-4)5-6-12/h13H,5-8H2,1-4H3. The molecule has 1 fully saturated rings. The van der Waals surface area contributed by atoms with E-state index in [1.807, 2.05) is 23.5 Å². The van der Waals surface area contributed by atoms with Crippen molar-refractivity contribution < 1.29 is 0 Å². The van der Waals surface area contributed by atoms with Gasteiger partial charge in [0.25, 0.3) is 0 Å². The van der Waals surface area contributed by atoms with Crippen molar-refractivity contribution >= 4 is 11.8 Å². The normalized spacial score (nSPS) is 17.8. The van der Waals surface area contributed by atoms with Crippen molar-refractivity contribution in [1.82, 2.24) is 15.1 Å². The first-order valence-corrected chi connectivity index (χ1v) is 7.05. The molecule has 2 rings (SSSR count). The van der Waals surface area contributed by atoms with Crippen LogP contribution in [0.4, 0.5) is 0 Å². The second-order valence-corrected chi connectivity index (χ2v) is 6.04. The van der Waals surface area contributed by atoms with Crippen LogP contribution in [0, 0.1) is 13.8 Å². The Bertz CT molecular complexity index is 380. The fourth-order valence-corrected chi connectivity index (χ4v) is 2.84. The van der Waals surface area contributed by atoms with Crippen molar-refractivity contribution in [1.29, 1.82) is 0 Å². The lowest BCUT2D eigenvalue weighted by Crippen LogP contribution is -2.25. The maximum absolute atomic E-state index is 4.43. The highest BCUT2D eigenvalue weighted by atomic mass is 32.2. The van der Waals surface area contributed by atoms with E-state index in [0.717, 1.165) is 18.8 Å². The minimum atomic E-state index is 0.546. The molecule has 1 aromatic heterocycles. The molecule has 0 aliphatic heterocycles. The molecular weight excluding hydrogens is 218 g/mol. The molecule has 0 saturated heterocycles. The summed E-state index contributed by atoms with van der Waals surface area (Å²) in [6.45, 7) is 6.31. The molecule has 0 unspecified atom stereocenters. The van der Waals surface area contributed by atoms with Gasteiger partial charge in [-0.15, -0.1) is 0 Å². The number of thioether (sulfide) groups is 1. The molecule has 0 atom stereocenters. The topological polar surface area (TPSA) is 29.9 Å². The average Bonchev–Trinajstić information content (AvgIpc) is 2.99. The van der Waals surface area contributed by atoms with E-state index in [1.165, 1.54) is 24.1 Å². The second-order valence-electron chi connectivity index (χ2n) is 4.76. The fourth-order valence-electron chi connectivity index (χ4n) is 2.08. The predicted octanol–water partition coefficient (Wildman–Crippen LogP) is 2.02. The lowest BCUT2D eigenvalue weighted by atomic mass is 10.2. The number of nitrogens with one attached hydrogen (secondary N) is 1. The van der Waals surface area contributed by atoms with Gasteiger partial charge in [0.1, 0.15) is 0 Å². The molecule has 1 N–H and O–H groups in total. The summed E-state index contributed by atoms with van der Waals surface area (Å²) >= 11 is 2.00. The highest BCUT2D eigenvalue weighted by Crippen LogP contribution is 2.46. The van der Waals surface area contributed by atoms with Crippen LogP contribution >= 0.6 is 11.8 Å². The predicted molar refractivity (Wildman–Crippen MR) is 69.9 cm³/mol. The molecule has 3 nitrogen and oxygen atoms in total. The summed E-state index contributed by atoms with van der Waals surface area (Å²) in [5.41, 5.74) is 3.79. The average molecular weight is 239 g/mol. The Kier molecular flexibility index (Phi) is 3.31. The SMILES string of the molecule is CSC1(CNCc2c(C)nn(C)c2C)CC1. The summed E-state index contributed by atoms with van der Waals surface area (Å²) in [7, 11) is 2.01. The summed E-state index contributed by atoms with van der Waals surface area (Å²) in [6.07, 6.45) is 4.95. The van der Waals surface area contributed by atoms with E-state index >= 15 is 0 Å². The molecule has 0 spiro atoms. The molecule has 1 aliphatic rings. The van der Waals surface area contributed by atoms with Gasteiger partial charge in [-0.3, -0.25) is 4.68 Å². The van der Waals surface area contributed by atoms with Crippen molar-refractivity contribution in [2.75, 3.05) is 12.8 Å². The monoisotopic (exact) mass is 239 g/mol. The molecule has 16 heavy (non-hydrogen) atoms. The van der Waals surface area contributed by atoms with E-state index < -0.39 is 0 Å². The number of nitrogens with zero attached hydrogens (tertiary/aromatic N) is 2. The minimum absolute atomic E-state index is 0.546. The third-order valence-electron chi connectivity index (χ3n) is 3.65. The maximum Gasteiger partial charge on any atom is 0.0641 e. The number of hydrogen-bond acceptors (Lipinski definition) is 3. The Morgan fingerprint density at radius 2 is 2.12 bits per heavy atom. The van der Waals surface area contributed by atoms with Crippen LogP contribution in [0.15, 0.2) is 0 Å². The molecule has 90 valence electrons. The molecule has 4 heteroatoms. The third-order valence-corrected chi connectivity index (χ3v) is 5.07. The third kappa shape index (κ3) is 2.28. The number of aryl methyl sites for hydroxylation is 2.